The van der Waals surface area contributed by atoms with Crippen LogP contribution in [0.3, 0.4) is 0 Å². The Kier molecular flexibility index (Phi) is 7.35. The van der Waals surface area contributed by atoms with Gasteiger partial charge in [-0.05, 0) is 45.8 Å². The lowest BCUT2D eigenvalue weighted by molar-refractivity contribution is -0.122. The SMILES string of the molecule is COc1cc(-c2[nH]nc(-c3nc(C)c(N4CCC(NC(=O)CN(C)C)CC4)s3)c2C(C)C)cn2ncnc12. The fraction of sp³-hybridized carbons (Fsp3) is 0.500. The first-order valence-electron chi connectivity index (χ1n) is 12.9. The molecule has 1 fully saturated rings. The van der Waals surface area contributed by atoms with Crippen LogP contribution in [-0.4, -0.2) is 87.5 Å². The van der Waals surface area contributed by atoms with Crippen molar-refractivity contribution < 1.29 is 9.53 Å². The summed E-state index contributed by atoms with van der Waals surface area (Å²) in [6.07, 6.45) is 5.29. The zero-order valence-corrected chi connectivity index (χ0v) is 23.6. The van der Waals surface area contributed by atoms with Crippen LogP contribution in [0.2, 0.25) is 0 Å². The third kappa shape index (κ3) is 5.10. The van der Waals surface area contributed by atoms with Crippen molar-refractivity contribution in [3.05, 3.63) is 29.8 Å². The number of thiazole rings is 1. The molecule has 0 spiro atoms. The average molecular weight is 538 g/mol. The number of H-pyrrole nitrogens is 1. The lowest BCUT2D eigenvalue weighted by atomic mass is 9.97. The first-order valence-corrected chi connectivity index (χ1v) is 13.7. The number of aromatic amines is 1. The zero-order chi connectivity index (χ0) is 27.0. The summed E-state index contributed by atoms with van der Waals surface area (Å²) in [4.78, 5) is 25.7. The number of hydrogen-bond donors (Lipinski definition) is 2. The number of piperidine rings is 1. The van der Waals surface area contributed by atoms with Gasteiger partial charge in [0.05, 0.1) is 25.0 Å². The maximum absolute atomic E-state index is 12.2. The molecule has 0 saturated carbocycles. The summed E-state index contributed by atoms with van der Waals surface area (Å²) >= 11 is 1.68. The quantitative estimate of drug-likeness (QED) is 0.352. The second-order valence-electron chi connectivity index (χ2n) is 10.3. The van der Waals surface area contributed by atoms with E-state index in [1.54, 1.807) is 23.0 Å². The second-order valence-corrected chi connectivity index (χ2v) is 11.3. The van der Waals surface area contributed by atoms with E-state index in [0.717, 1.165) is 59.1 Å². The number of hydrogen-bond acceptors (Lipinski definition) is 9. The van der Waals surface area contributed by atoms with Crippen molar-refractivity contribution in [1.82, 2.24) is 40.0 Å². The number of likely N-dealkylation sites (N-methyl/N-ethyl adjacent to an activating group) is 1. The summed E-state index contributed by atoms with van der Waals surface area (Å²) in [6, 6.07) is 2.18. The van der Waals surface area contributed by atoms with Crippen molar-refractivity contribution in [2.75, 3.05) is 45.7 Å². The van der Waals surface area contributed by atoms with Crippen LogP contribution in [0.15, 0.2) is 18.6 Å². The highest BCUT2D eigenvalue weighted by Crippen LogP contribution is 2.41. The second kappa shape index (κ2) is 10.7. The standard InChI is InChI=1S/C26H35N9O2S/c1-15(2)21-22(17-11-19(37-6)24-27-14-28-35(24)12-17)31-32-23(21)25-29-16(3)26(38-25)34-9-7-18(8-10-34)30-20(36)13-33(4)5/h11-12,14-15,18H,7-10,13H2,1-6H3,(H,30,36)(H,31,32). The Hall–Kier alpha value is -3.51. The van der Waals surface area contributed by atoms with E-state index in [2.05, 4.69) is 46.2 Å². The molecule has 1 saturated heterocycles. The molecule has 202 valence electrons. The number of aryl methyl sites for hydroxylation is 1. The molecule has 0 atom stereocenters. The highest BCUT2D eigenvalue weighted by molar-refractivity contribution is 7.19. The number of fused-ring (bicyclic) bond motifs is 1. The number of anilines is 1. The Morgan fingerprint density at radius 3 is 2.76 bits per heavy atom. The van der Waals surface area contributed by atoms with Gasteiger partial charge in [-0.15, -0.1) is 0 Å². The molecular formula is C26H35N9O2S. The summed E-state index contributed by atoms with van der Waals surface area (Å²) in [5.41, 5.74) is 5.50. The van der Waals surface area contributed by atoms with E-state index in [0.29, 0.717) is 17.9 Å². The summed E-state index contributed by atoms with van der Waals surface area (Å²) in [5.74, 6) is 0.950. The first kappa shape index (κ1) is 26.1. The summed E-state index contributed by atoms with van der Waals surface area (Å²) in [7, 11) is 5.45. The molecule has 0 bridgehead atoms. The number of methoxy groups -OCH3 is 1. The molecule has 1 amide bonds. The normalized spacial score (nSPS) is 14.7. The van der Waals surface area contributed by atoms with Crippen molar-refractivity contribution in [2.45, 2.75) is 45.6 Å². The lowest BCUT2D eigenvalue weighted by Crippen LogP contribution is -2.46. The van der Waals surface area contributed by atoms with Gasteiger partial charge in [0.2, 0.25) is 5.91 Å². The third-order valence-electron chi connectivity index (χ3n) is 6.81. The Labute approximate surface area is 226 Å². The van der Waals surface area contributed by atoms with Gasteiger partial charge in [0, 0.05) is 36.5 Å². The van der Waals surface area contributed by atoms with Gasteiger partial charge in [0.15, 0.2) is 11.4 Å². The van der Waals surface area contributed by atoms with Gasteiger partial charge in [-0.3, -0.25) is 9.89 Å². The van der Waals surface area contributed by atoms with E-state index in [1.807, 2.05) is 31.3 Å². The highest BCUT2D eigenvalue weighted by Gasteiger charge is 2.27. The topological polar surface area (TPSA) is 117 Å². The van der Waals surface area contributed by atoms with Crippen LogP contribution < -0.4 is 15.0 Å². The number of pyridine rings is 1. The van der Waals surface area contributed by atoms with Crippen LogP contribution in [0.5, 0.6) is 5.75 Å². The summed E-state index contributed by atoms with van der Waals surface area (Å²) in [6.45, 7) is 8.58. The zero-order valence-electron chi connectivity index (χ0n) is 22.8. The fourth-order valence-electron chi connectivity index (χ4n) is 5.05. The molecule has 0 radical (unpaired) electrons. The van der Waals surface area contributed by atoms with Gasteiger partial charge in [-0.25, -0.2) is 14.5 Å². The van der Waals surface area contributed by atoms with Crippen LogP contribution in [0, 0.1) is 6.92 Å². The van der Waals surface area contributed by atoms with Crippen molar-refractivity contribution in [3.8, 4) is 27.7 Å². The van der Waals surface area contributed by atoms with Crippen molar-refractivity contribution in [3.63, 3.8) is 0 Å². The predicted molar refractivity (Wildman–Crippen MR) is 149 cm³/mol. The molecule has 12 heteroatoms. The van der Waals surface area contributed by atoms with Gasteiger partial charge in [0.25, 0.3) is 0 Å². The molecule has 5 heterocycles. The van der Waals surface area contributed by atoms with E-state index < -0.39 is 0 Å². The molecule has 0 unspecified atom stereocenters. The fourth-order valence-corrected chi connectivity index (χ4v) is 6.17. The molecule has 4 aromatic heterocycles. The van der Waals surface area contributed by atoms with E-state index in [-0.39, 0.29) is 17.9 Å². The molecule has 0 aliphatic carbocycles. The molecule has 1 aliphatic heterocycles. The Morgan fingerprint density at radius 1 is 1.32 bits per heavy atom. The van der Waals surface area contributed by atoms with E-state index in [9.17, 15) is 4.79 Å². The Bertz CT molecular complexity index is 1430. The smallest absolute Gasteiger partial charge is 0.234 e. The number of nitrogens with zero attached hydrogens (tertiary/aromatic N) is 7. The molecule has 2 N–H and O–H groups in total. The number of amides is 1. The summed E-state index contributed by atoms with van der Waals surface area (Å²) in [5, 5.41) is 17.6. The van der Waals surface area contributed by atoms with Crippen LogP contribution in [-0.2, 0) is 4.79 Å². The van der Waals surface area contributed by atoms with E-state index in [1.165, 1.54) is 11.3 Å². The Morgan fingerprint density at radius 2 is 2.08 bits per heavy atom. The number of rotatable bonds is 8. The van der Waals surface area contributed by atoms with Crippen LogP contribution >= 0.6 is 11.3 Å². The van der Waals surface area contributed by atoms with E-state index >= 15 is 0 Å². The third-order valence-corrected chi connectivity index (χ3v) is 8.04. The summed E-state index contributed by atoms with van der Waals surface area (Å²) < 4.78 is 7.29. The number of ether oxygens (including phenoxy) is 1. The predicted octanol–water partition coefficient (Wildman–Crippen LogP) is 3.33. The van der Waals surface area contributed by atoms with Gasteiger partial charge >= 0.3 is 0 Å². The molecular weight excluding hydrogens is 502 g/mol. The van der Waals surface area contributed by atoms with Crippen molar-refractivity contribution >= 4 is 27.9 Å². The minimum Gasteiger partial charge on any atom is -0.493 e. The minimum atomic E-state index is 0.0841. The van der Waals surface area contributed by atoms with E-state index in [4.69, 9.17) is 14.8 Å². The largest absolute Gasteiger partial charge is 0.493 e. The lowest BCUT2D eigenvalue weighted by Gasteiger charge is -2.33. The molecule has 38 heavy (non-hydrogen) atoms. The molecule has 5 rings (SSSR count). The van der Waals surface area contributed by atoms with Crippen molar-refractivity contribution in [2.24, 2.45) is 0 Å². The average Bonchev–Trinajstić information content (AvgIpc) is 3.61. The van der Waals surface area contributed by atoms with Gasteiger partial charge < -0.3 is 19.9 Å². The number of carbonyl (C=O) groups excluding carboxylic acids is 1. The highest BCUT2D eigenvalue weighted by atomic mass is 32.1. The molecule has 1 aliphatic rings. The number of aromatic nitrogens is 6. The first-order chi connectivity index (χ1) is 18.2. The van der Waals surface area contributed by atoms with Crippen LogP contribution in [0.4, 0.5) is 5.00 Å². The monoisotopic (exact) mass is 537 g/mol. The van der Waals surface area contributed by atoms with Gasteiger partial charge in [0.1, 0.15) is 22.0 Å². The van der Waals surface area contributed by atoms with Crippen LogP contribution in [0.25, 0.3) is 27.6 Å². The van der Waals surface area contributed by atoms with Crippen molar-refractivity contribution in [1.29, 1.82) is 0 Å². The number of carbonyl (C=O) groups is 1. The minimum absolute atomic E-state index is 0.0841. The maximum Gasteiger partial charge on any atom is 0.234 e. The maximum atomic E-state index is 12.2. The molecule has 11 nitrogen and oxygen atoms in total. The van der Waals surface area contributed by atoms with Gasteiger partial charge in [-0.2, -0.15) is 10.2 Å². The number of nitrogens with one attached hydrogen (secondary N) is 2. The van der Waals surface area contributed by atoms with Gasteiger partial charge in [-0.1, -0.05) is 25.2 Å². The molecule has 4 aromatic rings. The van der Waals surface area contributed by atoms with Crippen LogP contribution in [0.1, 0.15) is 43.9 Å². The Balaban J connectivity index is 1.39. The molecule has 0 aromatic carbocycles.